The van der Waals surface area contributed by atoms with Crippen LogP contribution in [0.4, 0.5) is 5.82 Å². The van der Waals surface area contributed by atoms with E-state index in [1.54, 1.807) is 19.0 Å². The maximum Gasteiger partial charge on any atom is 0.241 e. The standard InChI is InChI=1S/C21H23N7O/c1-14-5-4-6-15(9-14)12-28-13-19(24-26-28)16-7-8-18-17(10-16)21(25-23-18)27(3)20(29)11-22-2/h4-10,13,22H,11-12H2,1-3H3,(H,23,25). The second-order valence-electron chi connectivity index (χ2n) is 7.08. The summed E-state index contributed by atoms with van der Waals surface area (Å²) >= 11 is 0. The number of hydrogen-bond donors (Lipinski definition) is 2. The minimum Gasteiger partial charge on any atom is -0.311 e. The number of nitrogens with zero attached hydrogens (tertiary/aromatic N) is 5. The summed E-state index contributed by atoms with van der Waals surface area (Å²) in [5, 5.41) is 19.6. The van der Waals surface area contributed by atoms with Crippen LogP contribution in [0.25, 0.3) is 22.2 Å². The molecule has 8 nitrogen and oxygen atoms in total. The Morgan fingerprint density at radius 1 is 1.24 bits per heavy atom. The summed E-state index contributed by atoms with van der Waals surface area (Å²) in [6, 6.07) is 14.2. The molecule has 1 amide bonds. The van der Waals surface area contributed by atoms with Crippen molar-refractivity contribution >= 4 is 22.6 Å². The number of aryl methyl sites for hydroxylation is 1. The third-order valence-electron chi connectivity index (χ3n) is 4.82. The number of nitrogens with one attached hydrogen (secondary N) is 2. The van der Waals surface area contributed by atoms with Gasteiger partial charge in [0.2, 0.25) is 5.91 Å². The lowest BCUT2D eigenvalue weighted by Crippen LogP contribution is -2.34. The summed E-state index contributed by atoms with van der Waals surface area (Å²) in [6.45, 7) is 2.99. The lowest BCUT2D eigenvalue weighted by atomic mass is 10.1. The molecule has 0 aliphatic heterocycles. The Kier molecular flexibility index (Phi) is 5.09. The van der Waals surface area contributed by atoms with Gasteiger partial charge < -0.3 is 5.32 Å². The molecule has 0 spiro atoms. The van der Waals surface area contributed by atoms with Crippen LogP contribution in [0.3, 0.4) is 0 Å². The number of hydrogen-bond acceptors (Lipinski definition) is 5. The fraction of sp³-hybridized carbons (Fsp3) is 0.238. The number of fused-ring (bicyclic) bond motifs is 1. The van der Waals surface area contributed by atoms with E-state index in [2.05, 4.69) is 50.9 Å². The van der Waals surface area contributed by atoms with Gasteiger partial charge in [-0.3, -0.25) is 14.8 Å². The second-order valence-corrected chi connectivity index (χ2v) is 7.08. The van der Waals surface area contributed by atoms with Crippen LogP contribution >= 0.6 is 0 Å². The summed E-state index contributed by atoms with van der Waals surface area (Å²) in [5.41, 5.74) is 4.96. The molecule has 0 atom stereocenters. The van der Waals surface area contributed by atoms with Crippen molar-refractivity contribution in [2.24, 2.45) is 0 Å². The van der Waals surface area contributed by atoms with Crippen molar-refractivity contribution in [2.45, 2.75) is 13.5 Å². The molecule has 148 valence electrons. The third kappa shape index (κ3) is 3.88. The van der Waals surface area contributed by atoms with Gasteiger partial charge in [0, 0.05) is 18.0 Å². The monoisotopic (exact) mass is 389 g/mol. The molecule has 4 aromatic rings. The van der Waals surface area contributed by atoms with Gasteiger partial charge in [0.25, 0.3) is 0 Å². The number of H-pyrrole nitrogens is 1. The molecule has 4 rings (SSSR count). The van der Waals surface area contributed by atoms with E-state index in [1.165, 1.54) is 11.1 Å². The van der Waals surface area contributed by atoms with Gasteiger partial charge in [-0.05, 0) is 31.7 Å². The van der Waals surface area contributed by atoms with Crippen molar-refractivity contribution in [3.05, 3.63) is 59.8 Å². The summed E-state index contributed by atoms with van der Waals surface area (Å²) in [7, 11) is 3.46. The highest BCUT2D eigenvalue weighted by atomic mass is 16.2. The highest BCUT2D eigenvalue weighted by Gasteiger charge is 2.17. The molecule has 2 heterocycles. The largest absolute Gasteiger partial charge is 0.311 e. The quantitative estimate of drug-likeness (QED) is 0.528. The minimum absolute atomic E-state index is 0.0598. The molecular weight excluding hydrogens is 366 g/mol. The number of rotatable bonds is 6. The number of benzene rings is 2. The molecule has 2 N–H and O–H groups in total. The van der Waals surface area contributed by atoms with Crippen molar-refractivity contribution in [2.75, 3.05) is 25.5 Å². The van der Waals surface area contributed by atoms with Crippen LogP contribution in [-0.2, 0) is 11.3 Å². The highest BCUT2D eigenvalue weighted by molar-refractivity contribution is 6.02. The van der Waals surface area contributed by atoms with Gasteiger partial charge in [0.1, 0.15) is 5.69 Å². The lowest BCUT2D eigenvalue weighted by molar-refractivity contribution is -0.117. The number of aromatic amines is 1. The van der Waals surface area contributed by atoms with Gasteiger partial charge in [-0.2, -0.15) is 5.10 Å². The Labute approximate surface area is 168 Å². The Hall–Kier alpha value is -3.52. The average molecular weight is 389 g/mol. The molecule has 0 fully saturated rings. The fourth-order valence-corrected chi connectivity index (χ4v) is 3.31. The topological polar surface area (TPSA) is 91.7 Å². The molecule has 0 saturated heterocycles. The summed E-state index contributed by atoms with van der Waals surface area (Å²) in [4.78, 5) is 13.8. The van der Waals surface area contributed by atoms with E-state index in [0.717, 1.165) is 22.2 Å². The first-order valence-corrected chi connectivity index (χ1v) is 9.40. The first kappa shape index (κ1) is 18.8. The third-order valence-corrected chi connectivity index (χ3v) is 4.82. The lowest BCUT2D eigenvalue weighted by Gasteiger charge is -2.14. The molecule has 0 radical (unpaired) electrons. The Balaban J connectivity index is 1.62. The maximum absolute atomic E-state index is 12.2. The number of anilines is 1. The van der Waals surface area contributed by atoms with Crippen LogP contribution in [0.5, 0.6) is 0 Å². The first-order valence-electron chi connectivity index (χ1n) is 9.40. The van der Waals surface area contributed by atoms with Gasteiger partial charge in [-0.25, -0.2) is 4.68 Å². The summed E-state index contributed by atoms with van der Waals surface area (Å²) in [5.74, 6) is 0.532. The normalized spacial score (nSPS) is 11.1. The predicted octanol–water partition coefficient (Wildman–Crippen LogP) is 2.36. The smallest absolute Gasteiger partial charge is 0.241 e. The SMILES string of the molecule is CNCC(=O)N(C)c1n[nH]c2ccc(-c3cn(Cc4cccc(C)c4)nn3)cc12. The van der Waals surface area contributed by atoms with E-state index >= 15 is 0 Å². The van der Waals surface area contributed by atoms with E-state index in [0.29, 0.717) is 12.4 Å². The van der Waals surface area contributed by atoms with Crippen LogP contribution in [-0.4, -0.2) is 51.7 Å². The van der Waals surface area contributed by atoms with Gasteiger partial charge >= 0.3 is 0 Å². The molecular formula is C21H23N7O. The van der Waals surface area contributed by atoms with Crippen molar-refractivity contribution in [3.63, 3.8) is 0 Å². The molecule has 2 aromatic heterocycles. The molecule has 0 saturated carbocycles. The van der Waals surface area contributed by atoms with Gasteiger partial charge in [-0.15, -0.1) is 5.10 Å². The van der Waals surface area contributed by atoms with Crippen molar-refractivity contribution < 1.29 is 4.79 Å². The van der Waals surface area contributed by atoms with E-state index < -0.39 is 0 Å². The summed E-state index contributed by atoms with van der Waals surface area (Å²) < 4.78 is 1.83. The van der Waals surface area contributed by atoms with E-state index in [-0.39, 0.29) is 12.5 Å². The van der Waals surface area contributed by atoms with Crippen LogP contribution in [0.1, 0.15) is 11.1 Å². The average Bonchev–Trinajstić information content (AvgIpc) is 3.34. The van der Waals surface area contributed by atoms with Gasteiger partial charge in [-0.1, -0.05) is 41.1 Å². The maximum atomic E-state index is 12.2. The van der Waals surface area contributed by atoms with Gasteiger partial charge in [0.05, 0.1) is 24.8 Å². The Bertz CT molecular complexity index is 1160. The molecule has 0 aliphatic rings. The molecule has 8 heteroatoms. The van der Waals surface area contributed by atoms with Crippen molar-refractivity contribution in [1.29, 1.82) is 0 Å². The van der Waals surface area contributed by atoms with Crippen molar-refractivity contribution in [3.8, 4) is 11.3 Å². The minimum atomic E-state index is -0.0598. The van der Waals surface area contributed by atoms with Crippen molar-refractivity contribution in [1.82, 2.24) is 30.5 Å². The van der Waals surface area contributed by atoms with Crippen LogP contribution in [0.2, 0.25) is 0 Å². The van der Waals surface area contributed by atoms with Crippen LogP contribution in [0, 0.1) is 6.92 Å². The van der Waals surface area contributed by atoms with Crippen LogP contribution in [0.15, 0.2) is 48.7 Å². The molecule has 0 aliphatic carbocycles. The second kappa shape index (κ2) is 7.84. The molecule has 0 unspecified atom stereocenters. The zero-order valence-corrected chi connectivity index (χ0v) is 16.7. The number of carbonyl (C=O) groups excluding carboxylic acids is 1. The van der Waals surface area contributed by atoms with E-state index in [1.807, 2.05) is 35.1 Å². The highest BCUT2D eigenvalue weighted by Crippen LogP contribution is 2.28. The van der Waals surface area contributed by atoms with Crippen LogP contribution < -0.4 is 10.2 Å². The van der Waals surface area contributed by atoms with Gasteiger partial charge in [0.15, 0.2) is 5.82 Å². The Morgan fingerprint density at radius 3 is 2.90 bits per heavy atom. The van der Waals surface area contributed by atoms with E-state index in [4.69, 9.17) is 0 Å². The predicted molar refractivity (Wildman–Crippen MR) is 113 cm³/mol. The first-order chi connectivity index (χ1) is 14.0. The molecule has 29 heavy (non-hydrogen) atoms. The Morgan fingerprint density at radius 2 is 2.10 bits per heavy atom. The fourth-order valence-electron chi connectivity index (χ4n) is 3.31. The number of amides is 1. The number of carbonyl (C=O) groups is 1. The zero-order valence-electron chi connectivity index (χ0n) is 16.7. The molecule has 2 aromatic carbocycles. The molecule has 0 bridgehead atoms. The van der Waals surface area contributed by atoms with E-state index in [9.17, 15) is 4.79 Å². The number of likely N-dealkylation sites (N-methyl/N-ethyl adjacent to an activating group) is 2. The zero-order chi connectivity index (χ0) is 20.4. The summed E-state index contributed by atoms with van der Waals surface area (Å²) in [6.07, 6.45) is 1.93. The number of aromatic nitrogens is 5.